The van der Waals surface area contributed by atoms with Crippen molar-refractivity contribution in [1.29, 1.82) is 0 Å². The summed E-state index contributed by atoms with van der Waals surface area (Å²) >= 11 is 0. The first-order valence-corrected chi connectivity index (χ1v) is 14.7. The lowest BCUT2D eigenvalue weighted by Crippen LogP contribution is -1.81. The minimum absolute atomic E-state index is 0.904. The van der Waals surface area contributed by atoms with E-state index in [9.17, 15) is 0 Å². The van der Waals surface area contributed by atoms with E-state index in [-0.39, 0.29) is 0 Å². The van der Waals surface area contributed by atoms with Gasteiger partial charge in [-0.05, 0) is 63.5 Å². The lowest BCUT2D eigenvalue weighted by atomic mass is 9.97. The van der Waals surface area contributed by atoms with Gasteiger partial charge in [0.25, 0.3) is 0 Å². The molecule has 0 fully saturated rings. The molecule has 0 aliphatic rings. The molecular weight excluding hydrogens is 526 g/mol. The topological polar surface area (TPSA) is 30.7 Å². The summed E-state index contributed by atoms with van der Waals surface area (Å²) in [5.41, 5.74) is 8.30. The van der Waals surface area contributed by atoms with E-state index in [2.05, 4.69) is 120 Å². The Labute approximate surface area is 244 Å². The highest BCUT2D eigenvalue weighted by Crippen LogP contribution is 2.46. The number of rotatable bonds is 1. The molecule has 43 heavy (non-hydrogen) atoms. The van der Waals surface area contributed by atoms with Gasteiger partial charge >= 0.3 is 0 Å². The van der Waals surface area contributed by atoms with Crippen LogP contribution in [0.4, 0.5) is 0 Å². The van der Waals surface area contributed by atoms with E-state index in [1.807, 2.05) is 12.1 Å². The molecule has 4 heterocycles. The van der Waals surface area contributed by atoms with Gasteiger partial charge in [-0.2, -0.15) is 0 Å². The monoisotopic (exact) mass is 547 g/mol. The Morgan fingerprint density at radius 3 is 2.19 bits per heavy atom. The van der Waals surface area contributed by atoms with Gasteiger partial charge in [-0.3, -0.25) is 4.40 Å². The third-order valence-corrected chi connectivity index (χ3v) is 9.48. The van der Waals surface area contributed by atoms with Crippen LogP contribution in [0.2, 0.25) is 0 Å². The average molecular weight is 548 g/mol. The average Bonchev–Trinajstić information content (AvgIpc) is 3.79. The van der Waals surface area contributed by atoms with Crippen LogP contribution in [0.3, 0.4) is 0 Å². The van der Waals surface area contributed by atoms with E-state index < -0.39 is 0 Å². The van der Waals surface area contributed by atoms with Gasteiger partial charge in [0.1, 0.15) is 16.7 Å². The Morgan fingerprint density at radius 2 is 1.23 bits per heavy atom. The standard InChI is InChI=1S/C40H21NO2/c1-2-9-26-23(8-1)20-32-37-31-19-22-16-17-24(27-12-7-13-29-28-10-4-6-15-34(28)42-39(27)29)18-25(22)21-35(31)43-40(37)41-33-14-5-3-11-30(33)36(26)38(32)41/h1-21H. The Hall–Kier alpha value is -5.80. The molecule has 0 unspecified atom stereocenters. The SMILES string of the molecule is c1ccc2c(c1)cc1c3c4cc5ccc(-c6cccc7c6oc6ccccc67)cc5cc4oc3n3c4ccccc4c2c13. The molecule has 3 heteroatoms. The quantitative estimate of drug-likeness (QED) is 0.205. The van der Waals surface area contributed by atoms with E-state index in [4.69, 9.17) is 8.83 Å². The summed E-state index contributed by atoms with van der Waals surface area (Å²) in [6.07, 6.45) is 0. The summed E-state index contributed by atoms with van der Waals surface area (Å²) in [5, 5.41) is 13.3. The minimum atomic E-state index is 0.904. The summed E-state index contributed by atoms with van der Waals surface area (Å²) in [7, 11) is 0. The number of nitrogens with zero attached hydrogens (tertiary/aromatic N) is 1. The maximum absolute atomic E-state index is 6.78. The molecule has 11 aromatic rings. The summed E-state index contributed by atoms with van der Waals surface area (Å²) in [5.74, 6) is 0. The van der Waals surface area contributed by atoms with E-state index in [1.54, 1.807) is 0 Å². The zero-order valence-corrected chi connectivity index (χ0v) is 22.9. The van der Waals surface area contributed by atoms with Gasteiger partial charge < -0.3 is 8.83 Å². The first-order chi connectivity index (χ1) is 21.3. The van der Waals surface area contributed by atoms with Crippen LogP contribution in [-0.2, 0) is 0 Å². The number of furan rings is 2. The molecule has 0 radical (unpaired) electrons. The number of hydrogen-bond acceptors (Lipinski definition) is 2. The third-order valence-electron chi connectivity index (χ3n) is 9.48. The first kappa shape index (κ1) is 21.9. The predicted molar refractivity (Wildman–Crippen MR) is 179 cm³/mol. The van der Waals surface area contributed by atoms with Crippen molar-refractivity contribution in [3.63, 3.8) is 0 Å². The maximum atomic E-state index is 6.78. The fourth-order valence-corrected chi connectivity index (χ4v) is 7.63. The molecule has 0 spiro atoms. The van der Waals surface area contributed by atoms with Crippen LogP contribution in [0.5, 0.6) is 0 Å². The molecule has 0 amide bonds. The number of benzene rings is 7. The lowest BCUT2D eigenvalue weighted by Gasteiger charge is -2.06. The summed E-state index contributed by atoms with van der Waals surface area (Å²) in [6, 6.07) is 45.6. The molecule has 198 valence electrons. The number of hydrogen-bond donors (Lipinski definition) is 0. The van der Waals surface area contributed by atoms with Crippen LogP contribution < -0.4 is 0 Å². The molecule has 11 rings (SSSR count). The van der Waals surface area contributed by atoms with E-state index in [0.29, 0.717) is 0 Å². The first-order valence-electron chi connectivity index (χ1n) is 14.7. The third kappa shape index (κ3) is 2.66. The van der Waals surface area contributed by atoms with Gasteiger partial charge in [-0.1, -0.05) is 91.0 Å². The van der Waals surface area contributed by atoms with Gasteiger partial charge in [-0.15, -0.1) is 0 Å². The fraction of sp³-hybridized carbons (Fsp3) is 0. The highest BCUT2D eigenvalue weighted by atomic mass is 16.3. The van der Waals surface area contributed by atoms with Crippen molar-refractivity contribution in [3.05, 3.63) is 127 Å². The second-order valence-electron chi connectivity index (χ2n) is 11.7. The van der Waals surface area contributed by atoms with E-state index in [1.165, 1.54) is 48.7 Å². The molecule has 0 atom stereocenters. The largest absolute Gasteiger partial charge is 0.455 e. The second-order valence-corrected chi connectivity index (χ2v) is 11.7. The molecule has 0 bridgehead atoms. The Kier molecular flexibility index (Phi) is 3.83. The van der Waals surface area contributed by atoms with Crippen LogP contribution in [0.15, 0.2) is 136 Å². The van der Waals surface area contributed by atoms with Crippen molar-refractivity contribution in [2.45, 2.75) is 0 Å². The van der Waals surface area contributed by atoms with Crippen molar-refractivity contribution in [1.82, 2.24) is 4.40 Å². The normalized spacial score (nSPS) is 12.7. The lowest BCUT2D eigenvalue weighted by molar-refractivity contribution is 0.652. The molecule has 4 aromatic heterocycles. The molecule has 3 nitrogen and oxygen atoms in total. The minimum Gasteiger partial charge on any atom is -0.455 e. The summed E-state index contributed by atoms with van der Waals surface area (Å²) in [6.45, 7) is 0. The van der Waals surface area contributed by atoms with Gasteiger partial charge in [-0.25, -0.2) is 0 Å². The van der Waals surface area contributed by atoms with Crippen LogP contribution in [0.1, 0.15) is 0 Å². The number of para-hydroxylation sites is 3. The van der Waals surface area contributed by atoms with Crippen molar-refractivity contribution in [3.8, 4) is 11.1 Å². The smallest absolute Gasteiger partial charge is 0.213 e. The Bertz CT molecular complexity index is 2950. The zero-order chi connectivity index (χ0) is 27.8. The molecule has 0 aliphatic heterocycles. The van der Waals surface area contributed by atoms with Crippen LogP contribution >= 0.6 is 0 Å². The highest BCUT2D eigenvalue weighted by molar-refractivity contribution is 6.34. The Morgan fingerprint density at radius 1 is 0.442 bits per heavy atom. The molecule has 0 saturated carbocycles. The van der Waals surface area contributed by atoms with Crippen LogP contribution in [0, 0.1) is 0 Å². The molecule has 0 aliphatic carbocycles. The summed E-state index contributed by atoms with van der Waals surface area (Å²) in [4.78, 5) is 0. The number of fused-ring (bicyclic) bond motifs is 14. The van der Waals surface area contributed by atoms with Gasteiger partial charge in [0, 0.05) is 37.9 Å². The van der Waals surface area contributed by atoms with Gasteiger partial charge in [0.15, 0.2) is 0 Å². The zero-order valence-electron chi connectivity index (χ0n) is 22.9. The van der Waals surface area contributed by atoms with Crippen molar-refractivity contribution in [2.24, 2.45) is 0 Å². The van der Waals surface area contributed by atoms with Crippen molar-refractivity contribution in [2.75, 3.05) is 0 Å². The van der Waals surface area contributed by atoms with E-state index in [0.717, 1.165) is 55.1 Å². The molecular formula is C40H21NO2. The molecule has 7 aromatic carbocycles. The molecule has 0 N–H and O–H groups in total. The molecule has 0 saturated heterocycles. The van der Waals surface area contributed by atoms with Gasteiger partial charge in [0.05, 0.1) is 16.4 Å². The Balaban J connectivity index is 1.22. The summed E-state index contributed by atoms with van der Waals surface area (Å²) < 4.78 is 15.5. The van der Waals surface area contributed by atoms with Crippen molar-refractivity contribution >= 4 is 92.7 Å². The predicted octanol–water partition coefficient (Wildman–Crippen LogP) is 11.5. The van der Waals surface area contributed by atoms with Crippen molar-refractivity contribution < 1.29 is 8.83 Å². The highest BCUT2D eigenvalue weighted by Gasteiger charge is 2.24. The fourth-order valence-electron chi connectivity index (χ4n) is 7.63. The van der Waals surface area contributed by atoms with Crippen LogP contribution in [0.25, 0.3) is 104 Å². The maximum Gasteiger partial charge on any atom is 0.213 e. The van der Waals surface area contributed by atoms with E-state index >= 15 is 0 Å². The van der Waals surface area contributed by atoms with Gasteiger partial charge in [0.2, 0.25) is 5.71 Å². The second kappa shape index (κ2) is 7.53. The van der Waals surface area contributed by atoms with Crippen LogP contribution in [-0.4, -0.2) is 4.40 Å². The number of aromatic nitrogens is 1.